The summed E-state index contributed by atoms with van der Waals surface area (Å²) in [5, 5.41) is 23.2. The largest absolute Gasteiger partial charge is 0.466 e. The van der Waals surface area contributed by atoms with E-state index in [9.17, 15) is 19.8 Å². The quantitative estimate of drug-likeness (QED) is 0.0320. The van der Waals surface area contributed by atoms with Crippen LogP contribution in [0.5, 0.6) is 0 Å². The molecule has 0 aromatic rings. The lowest BCUT2D eigenvalue weighted by Crippen LogP contribution is -2.45. The summed E-state index contributed by atoms with van der Waals surface area (Å²) < 4.78 is 5.51. The topological polar surface area (TPSA) is 95.9 Å². The van der Waals surface area contributed by atoms with Crippen LogP contribution in [0.2, 0.25) is 0 Å². The standard InChI is InChI=1S/C78H153NO5/c1-3-5-7-9-11-13-15-17-19-39-43-46-50-54-58-62-66-70-76(81)75(74-80)79-77(82)71-67-63-59-55-51-47-44-40-37-35-33-31-29-27-25-23-21-20-22-24-26-28-30-32-34-36-38-41-45-49-53-57-61-65-69-73-84-78(83)72-68-64-60-56-52-48-42-18-16-14-12-10-8-6-4-2/h66,70,75-76,80-81H,3-65,67-69,71-74H2,1-2H3,(H,79,82)/b70-66+. The van der Waals surface area contributed by atoms with Crippen molar-refractivity contribution in [3.05, 3.63) is 12.2 Å². The molecule has 0 saturated carbocycles. The molecule has 0 radical (unpaired) electrons. The number of esters is 1. The Bertz CT molecular complexity index is 1270. The predicted octanol–water partition coefficient (Wildman–Crippen LogP) is 25.5. The Labute approximate surface area is 527 Å². The van der Waals surface area contributed by atoms with Crippen LogP contribution in [-0.4, -0.2) is 47.4 Å². The number of unbranched alkanes of at least 4 members (excludes halogenated alkanes) is 63. The number of allylic oxidation sites excluding steroid dienone is 1. The minimum Gasteiger partial charge on any atom is -0.466 e. The van der Waals surface area contributed by atoms with Gasteiger partial charge in [0.25, 0.3) is 0 Å². The molecule has 0 aliphatic carbocycles. The molecule has 0 aromatic carbocycles. The van der Waals surface area contributed by atoms with Crippen molar-refractivity contribution in [3.63, 3.8) is 0 Å². The molecule has 0 saturated heterocycles. The smallest absolute Gasteiger partial charge is 0.305 e. The van der Waals surface area contributed by atoms with Gasteiger partial charge in [-0.2, -0.15) is 0 Å². The van der Waals surface area contributed by atoms with E-state index in [-0.39, 0.29) is 18.5 Å². The van der Waals surface area contributed by atoms with E-state index >= 15 is 0 Å². The molecule has 0 spiro atoms. The fourth-order valence-electron chi connectivity index (χ4n) is 12.6. The van der Waals surface area contributed by atoms with Crippen LogP contribution in [-0.2, 0) is 14.3 Å². The van der Waals surface area contributed by atoms with E-state index < -0.39 is 12.1 Å². The van der Waals surface area contributed by atoms with Crippen LogP contribution in [0.1, 0.15) is 450 Å². The summed E-state index contributed by atoms with van der Waals surface area (Å²) in [6, 6.07) is -0.623. The molecule has 0 heterocycles. The van der Waals surface area contributed by atoms with Gasteiger partial charge in [-0.25, -0.2) is 0 Å². The molecule has 3 N–H and O–H groups in total. The number of aliphatic hydroxyl groups is 2. The number of carbonyl (C=O) groups is 2. The molecule has 500 valence electrons. The van der Waals surface area contributed by atoms with E-state index in [1.165, 1.54) is 385 Å². The number of hydrogen-bond acceptors (Lipinski definition) is 5. The highest BCUT2D eigenvalue weighted by atomic mass is 16.5. The van der Waals surface area contributed by atoms with Gasteiger partial charge in [0.1, 0.15) is 0 Å². The Morgan fingerprint density at radius 2 is 0.548 bits per heavy atom. The molecule has 0 aliphatic rings. The number of aliphatic hydroxyl groups excluding tert-OH is 2. The summed E-state index contributed by atoms with van der Waals surface area (Å²) >= 11 is 0. The maximum absolute atomic E-state index is 12.5. The molecule has 1 amide bonds. The lowest BCUT2D eigenvalue weighted by Gasteiger charge is -2.20. The van der Waals surface area contributed by atoms with Gasteiger partial charge in [0, 0.05) is 12.8 Å². The number of amides is 1. The van der Waals surface area contributed by atoms with Crippen LogP contribution in [0.25, 0.3) is 0 Å². The second-order valence-corrected chi connectivity index (χ2v) is 27.1. The summed E-state index contributed by atoms with van der Waals surface area (Å²) in [5.74, 6) is -0.0322. The van der Waals surface area contributed by atoms with Crippen molar-refractivity contribution in [3.8, 4) is 0 Å². The van der Waals surface area contributed by atoms with Gasteiger partial charge in [-0.3, -0.25) is 9.59 Å². The van der Waals surface area contributed by atoms with E-state index in [4.69, 9.17) is 4.74 Å². The Morgan fingerprint density at radius 1 is 0.321 bits per heavy atom. The van der Waals surface area contributed by atoms with Crippen LogP contribution in [0.15, 0.2) is 12.2 Å². The number of rotatable bonds is 74. The maximum Gasteiger partial charge on any atom is 0.305 e. The highest BCUT2D eigenvalue weighted by Gasteiger charge is 2.18. The molecule has 6 heteroatoms. The zero-order valence-electron chi connectivity index (χ0n) is 57.4. The zero-order valence-corrected chi connectivity index (χ0v) is 57.4. The van der Waals surface area contributed by atoms with E-state index in [0.29, 0.717) is 19.4 Å². The van der Waals surface area contributed by atoms with Crippen molar-refractivity contribution in [2.75, 3.05) is 13.2 Å². The Kier molecular flexibility index (Phi) is 72.8. The highest BCUT2D eigenvalue weighted by Crippen LogP contribution is 2.20. The van der Waals surface area contributed by atoms with Crippen molar-refractivity contribution in [2.24, 2.45) is 0 Å². The Balaban J connectivity index is 3.31. The number of nitrogens with one attached hydrogen (secondary N) is 1. The van der Waals surface area contributed by atoms with E-state index in [2.05, 4.69) is 19.2 Å². The molecule has 0 aromatic heterocycles. The molecule has 84 heavy (non-hydrogen) atoms. The van der Waals surface area contributed by atoms with Gasteiger partial charge < -0.3 is 20.3 Å². The maximum atomic E-state index is 12.5. The third-order valence-corrected chi connectivity index (χ3v) is 18.6. The Morgan fingerprint density at radius 3 is 0.810 bits per heavy atom. The average molecular weight is 1190 g/mol. The van der Waals surface area contributed by atoms with Gasteiger partial charge in [-0.1, -0.05) is 418 Å². The van der Waals surface area contributed by atoms with Gasteiger partial charge in [-0.15, -0.1) is 0 Å². The van der Waals surface area contributed by atoms with E-state index in [1.807, 2.05) is 6.08 Å². The summed E-state index contributed by atoms with van der Waals surface area (Å²) in [6.07, 6.45) is 93.4. The first kappa shape index (κ1) is 82.6. The molecule has 0 aliphatic heterocycles. The van der Waals surface area contributed by atoms with E-state index in [1.54, 1.807) is 6.08 Å². The first-order chi connectivity index (χ1) is 41.5. The summed E-state index contributed by atoms with van der Waals surface area (Å²) in [7, 11) is 0. The minimum absolute atomic E-state index is 0.0264. The first-order valence-electron chi connectivity index (χ1n) is 39.0. The van der Waals surface area contributed by atoms with Crippen molar-refractivity contribution in [2.45, 2.75) is 463 Å². The summed E-state index contributed by atoms with van der Waals surface area (Å²) in [6.45, 7) is 4.96. The van der Waals surface area contributed by atoms with Crippen LogP contribution in [0, 0.1) is 0 Å². The van der Waals surface area contributed by atoms with Gasteiger partial charge >= 0.3 is 5.97 Å². The molecule has 0 fully saturated rings. The van der Waals surface area contributed by atoms with Crippen molar-refractivity contribution in [1.82, 2.24) is 5.32 Å². The van der Waals surface area contributed by atoms with Crippen LogP contribution in [0.4, 0.5) is 0 Å². The highest BCUT2D eigenvalue weighted by molar-refractivity contribution is 5.76. The molecular weight excluding hydrogens is 1030 g/mol. The molecular formula is C78H153NO5. The number of ether oxygens (including phenoxy) is 1. The second-order valence-electron chi connectivity index (χ2n) is 27.1. The predicted molar refractivity (Wildman–Crippen MR) is 370 cm³/mol. The van der Waals surface area contributed by atoms with Crippen molar-refractivity contribution >= 4 is 11.9 Å². The van der Waals surface area contributed by atoms with Crippen molar-refractivity contribution in [1.29, 1.82) is 0 Å². The third-order valence-electron chi connectivity index (χ3n) is 18.6. The van der Waals surface area contributed by atoms with E-state index in [0.717, 1.165) is 38.5 Å². The first-order valence-corrected chi connectivity index (χ1v) is 39.0. The van der Waals surface area contributed by atoms with Crippen LogP contribution >= 0.6 is 0 Å². The fraction of sp³-hybridized carbons (Fsp3) is 0.949. The monoisotopic (exact) mass is 1180 g/mol. The molecule has 2 unspecified atom stereocenters. The molecule has 6 nitrogen and oxygen atoms in total. The van der Waals surface area contributed by atoms with Gasteiger partial charge in [0.2, 0.25) is 5.91 Å². The molecule has 0 bridgehead atoms. The van der Waals surface area contributed by atoms with Gasteiger partial charge in [0.05, 0.1) is 25.4 Å². The van der Waals surface area contributed by atoms with Crippen LogP contribution < -0.4 is 5.32 Å². The second kappa shape index (κ2) is 74.1. The minimum atomic E-state index is -0.840. The summed E-state index contributed by atoms with van der Waals surface area (Å²) in [5.41, 5.74) is 0. The van der Waals surface area contributed by atoms with Crippen molar-refractivity contribution < 1.29 is 24.5 Å². The van der Waals surface area contributed by atoms with Gasteiger partial charge in [-0.05, 0) is 32.1 Å². The fourth-order valence-corrected chi connectivity index (χ4v) is 12.6. The number of carbonyl (C=O) groups excluding carboxylic acids is 2. The lowest BCUT2D eigenvalue weighted by molar-refractivity contribution is -0.143. The number of hydrogen-bond donors (Lipinski definition) is 3. The third kappa shape index (κ3) is 69.7. The zero-order chi connectivity index (χ0) is 60.6. The lowest BCUT2D eigenvalue weighted by atomic mass is 10.0. The molecule has 0 rings (SSSR count). The average Bonchev–Trinajstić information content (AvgIpc) is 3.53. The molecule has 2 atom stereocenters. The SMILES string of the molecule is CCCCCCCCCCCCCCCCC/C=C/C(O)C(CO)NC(=O)CCCCCCCCCCCCCCCCCCCCCCCCCCCCCCCCCCCCCOC(=O)CCCCCCCCCCCCCCCCC. The summed E-state index contributed by atoms with van der Waals surface area (Å²) in [4.78, 5) is 24.6. The Hall–Kier alpha value is -1.40. The van der Waals surface area contributed by atoms with Gasteiger partial charge in [0.15, 0.2) is 0 Å². The van der Waals surface area contributed by atoms with Crippen LogP contribution in [0.3, 0.4) is 0 Å². The normalized spacial score (nSPS) is 12.5.